The third kappa shape index (κ3) is 3.04. The summed E-state index contributed by atoms with van der Waals surface area (Å²) in [5.74, 6) is 0.0762. The van der Waals surface area contributed by atoms with Gasteiger partial charge in [-0.25, -0.2) is 0 Å². The Morgan fingerprint density at radius 1 is 1.41 bits per heavy atom. The first kappa shape index (κ1) is 14.8. The molecule has 1 atom stereocenters. The van der Waals surface area contributed by atoms with Crippen LogP contribution in [0.25, 0.3) is 0 Å². The Kier molecular flexibility index (Phi) is 4.24. The van der Waals surface area contributed by atoms with Crippen molar-refractivity contribution in [3.63, 3.8) is 0 Å². The van der Waals surface area contributed by atoms with Crippen molar-refractivity contribution >= 4 is 11.6 Å². The molecule has 5 nitrogen and oxygen atoms in total. The Morgan fingerprint density at radius 2 is 2.23 bits per heavy atom. The number of nitrogens with zero attached hydrogens (tertiary/aromatic N) is 2. The van der Waals surface area contributed by atoms with Crippen LogP contribution < -0.4 is 10.6 Å². The van der Waals surface area contributed by atoms with Gasteiger partial charge in [0.15, 0.2) is 0 Å². The van der Waals surface area contributed by atoms with Crippen molar-refractivity contribution in [1.82, 2.24) is 15.1 Å². The standard InChI is InChI=1S/C17H22N4O/c1-2-17(9-3-10-18-17)16(22)20-15-7-5-14(6-8-15)13-21-12-4-11-19-21/h4-8,11-12,18H,2-3,9-10,13H2,1H3,(H,20,22). The SMILES string of the molecule is CCC1(C(=O)Nc2ccc(Cn3cccn3)cc2)CCCN1. The zero-order valence-electron chi connectivity index (χ0n) is 12.9. The van der Waals surface area contributed by atoms with Crippen molar-refractivity contribution in [3.8, 4) is 0 Å². The van der Waals surface area contributed by atoms with Crippen LogP contribution in [0.5, 0.6) is 0 Å². The molecular weight excluding hydrogens is 276 g/mol. The van der Waals surface area contributed by atoms with Gasteiger partial charge in [-0.3, -0.25) is 9.48 Å². The number of nitrogens with one attached hydrogen (secondary N) is 2. The van der Waals surface area contributed by atoms with E-state index in [4.69, 9.17) is 0 Å². The molecule has 0 aliphatic carbocycles. The molecule has 1 aromatic carbocycles. The van der Waals surface area contributed by atoms with Crippen molar-refractivity contribution in [2.45, 2.75) is 38.3 Å². The molecule has 0 bridgehead atoms. The Bertz CT molecular complexity index is 613. The summed E-state index contributed by atoms with van der Waals surface area (Å²) < 4.78 is 1.88. The van der Waals surface area contributed by atoms with Gasteiger partial charge in [0.25, 0.3) is 0 Å². The number of aromatic nitrogens is 2. The first-order valence-corrected chi connectivity index (χ1v) is 7.85. The van der Waals surface area contributed by atoms with E-state index in [-0.39, 0.29) is 5.91 Å². The summed E-state index contributed by atoms with van der Waals surface area (Å²) in [4.78, 5) is 12.5. The van der Waals surface area contributed by atoms with Crippen molar-refractivity contribution in [2.75, 3.05) is 11.9 Å². The molecule has 22 heavy (non-hydrogen) atoms. The van der Waals surface area contributed by atoms with Gasteiger partial charge in [0.2, 0.25) is 5.91 Å². The third-order valence-corrected chi connectivity index (χ3v) is 4.40. The maximum absolute atomic E-state index is 12.5. The largest absolute Gasteiger partial charge is 0.324 e. The van der Waals surface area contributed by atoms with Crippen LogP contribution in [0.3, 0.4) is 0 Å². The minimum atomic E-state index is -0.395. The fourth-order valence-corrected chi connectivity index (χ4v) is 2.99. The molecule has 1 aliphatic heterocycles. The van der Waals surface area contributed by atoms with E-state index in [1.807, 2.05) is 41.2 Å². The predicted octanol–water partition coefficient (Wildman–Crippen LogP) is 2.40. The molecule has 3 rings (SSSR count). The average molecular weight is 298 g/mol. The number of rotatable bonds is 5. The molecule has 0 spiro atoms. The van der Waals surface area contributed by atoms with E-state index in [0.717, 1.165) is 43.6 Å². The van der Waals surface area contributed by atoms with Crippen LogP contribution >= 0.6 is 0 Å². The highest BCUT2D eigenvalue weighted by Crippen LogP contribution is 2.25. The summed E-state index contributed by atoms with van der Waals surface area (Å²) >= 11 is 0. The van der Waals surface area contributed by atoms with Gasteiger partial charge in [-0.05, 0) is 49.6 Å². The monoisotopic (exact) mass is 298 g/mol. The summed E-state index contributed by atoms with van der Waals surface area (Å²) in [6.07, 6.45) is 6.49. The van der Waals surface area contributed by atoms with Crippen molar-refractivity contribution in [1.29, 1.82) is 0 Å². The van der Waals surface area contributed by atoms with E-state index in [9.17, 15) is 4.79 Å². The van der Waals surface area contributed by atoms with Gasteiger partial charge in [-0.1, -0.05) is 19.1 Å². The van der Waals surface area contributed by atoms with Gasteiger partial charge in [-0.15, -0.1) is 0 Å². The van der Waals surface area contributed by atoms with Crippen LogP contribution in [-0.2, 0) is 11.3 Å². The number of hydrogen-bond donors (Lipinski definition) is 2. The third-order valence-electron chi connectivity index (χ3n) is 4.40. The Hall–Kier alpha value is -2.14. The lowest BCUT2D eigenvalue weighted by molar-refractivity contribution is -0.122. The molecule has 2 aromatic rings. The van der Waals surface area contributed by atoms with Crippen LogP contribution in [0.2, 0.25) is 0 Å². The van der Waals surface area contributed by atoms with E-state index in [0.29, 0.717) is 0 Å². The summed E-state index contributed by atoms with van der Waals surface area (Å²) in [7, 11) is 0. The first-order valence-electron chi connectivity index (χ1n) is 7.85. The van der Waals surface area contributed by atoms with E-state index in [1.54, 1.807) is 6.20 Å². The number of hydrogen-bond acceptors (Lipinski definition) is 3. The molecule has 1 unspecified atom stereocenters. The van der Waals surface area contributed by atoms with Crippen LogP contribution in [0.1, 0.15) is 31.7 Å². The highest BCUT2D eigenvalue weighted by molar-refractivity contribution is 5.98. The normalized spacial score (nSPS) is 21.0. The molecule has 116 valence electrons. The molecule has 1 aliphatic rings. The average Bonchev–Trinajstić information content (AvgIpc) is 3.21. The molecule has 2 heterocycles. The van der Waals surface area contributed by atoms with E-state index in [1.165, 1.54) is 0 Å². The summed E-state index contributed by atoms with van der Waals surface area (Å²) in [6.45, 7) is 3.72. The lowest BCUT2D eigenvalue weighted by Gasteiger charge is -2.26. The van der Waals surface area contributed by atoms with E-state index < -0.39 is 5.54 Å². The molecular formula is C17H22N4O. The second-order valence-electron chi connectivity index (χ2n) is 5.82. The second kappa shape index (κ2) is 6.32. The molecule has 1 amide bonds. The lowest BCUT2D eigenvalue weighted by atomic mass is 9.93. The lowest BCUT2D eigenvalue weighted by Crippen LogP contribution is -2.50. The zero-order valence-corrected chi connectivity index (χ0v) is 12.9. The van der Waals surface area contributed by atoms with Crippen LogP contribution in [0.4, 0.5) is 5.69 Å². The molecule has 1 aromatic heterocycles. The number of amides is 1. The van der Waals surface area contributed by atoms with Gasteiger partial charge >= 0.3 is 0 Å². The van der Waals surface area contributed by atoms with Crippen LogP contribution in [-0.4, -0.2) is 27.8 Å². The van der Waals surface area contributed by atoms with Crippen molar-refractivity contribution in [3.05, 3.63) is 48.3 Å². The molecule has 0 saturated carbocycles. The molecule has 5 heteroatoms. The van der Waals surface area contributed by atoms with Gasteiger partial charge < -0.3 is 10.6 Å². The fraction of sp³-hybridized carbons (Fsp3) is 0.412. The number of carbonyl (C=O) groups excluding carboxylic acids is 1. The molecule has 1 saturated heterocycles. The zero-order chi connectivity index (χ0) is 15.4. The Labute approximate surface area is 130 Å². The number of benzene rings is 1. The minimum absolute atomic E-state index is 0.0762. The maximum Gasteiger partial charge on any atom is 0.244 e. The highest BCUT2D eigenvalue weighted by Gasteiger charge is 2.38. The van der Waals surface area contributed by atoms with Gasteiger partial charge in [-0.2, -0.15) is 5.10 Å². The van der Waals surface area contributed by atoms with E-state index >= 15 is 0 Å². The maximum atomic E-state index is 12.5. The van der Waals surface area contributed by atoms with Gasteiger partial charge in [0.05, 0.1) is 12.1 Å². The Balaban J connectivity index is 1.64. The highest BCUT2D eigenvalue weighted by atomic mass is 16.2. The number of carbonyl (C=O) groups is 1. The summed E-state index contributed by atoms with van der Waals surface area (Å²) in [5.41, 5.74) is 1.61. The molecule has 0 radical (unpaired) electrons. The second-order valence-corrected chi connectivity index (χ2v) is 5.82. The summed E-state index contributed by atoms with van der Waals surface area (Å²) in [6, 6.07) is 9.87. The molecule has 2 N–H and O–H groups in total. The number of anilines is 1. The minimum Gasteiger partial charge on any atom is -0.324 e. The topological polar surface area (TPSA) is 59.0 Å². The first-order chi connectivity index (χ1) is 10.7. The Morgan fingerprint density at radius 3 is 2.82 bits per heavy atom. The quantitative estimate of drug-likeness (QED) is 0.891. The summed E-state index contributed by atoms with van der Waals surface area (Å²) in [5, 5.41) is 10.6. The van der Waals surface area contributed by atoms with Crippen LogP contribution in [0.15, 0.2) is 42.7 Å². The van der Waals surface area contributed by atoms with Crippen molar-refractivity contribution < 1.29 is 4.79 Å². The van der Waals surface area contributed by atoms with E-state index in [2.05, 4.69) is 22.7 Å². The predicted molar refractivity (Wildman–Crippen MR) is 86.7 cm³/mol. The molecule has 1 fully saturated rings. The fourth-order valence-electron chi connectivity index (χ4n) is 2.99. The van der Waals surface area contributed by atoms with Gasteiger partial charge in [0.1, 0.15) is 0 Å². The smallest absolute Gasteiger partial charge is 0.244 e. The van der Waals surface area contributed by atoms with Crippen LogP contribution in [0, 0.1) is 0 Å². The van der Waals surface area contributed by atoms with Gasteiger partial charge in [0, 0.05) is 18.1 Å². The van der Waals surface area contributed by atoms with Crippen molar-refractivity contribution in [2.24, 2.45) is 0 Å².